The summed E-state index contributed by atoms with van der Waals surface area (Å²) >= 11 is 0. The number of hydrogen-bond acceptors (Lipinski definition) is 5. The van der Waals surface area contributed by atoms with E-state index in [1.54, 1.807) is 13.8 Å². The Balaban J connectivity index is 4.78. The number of nitrogens with two attached hydrogens (primary N) is 1. The van der Waals surface area contributed by atoms with Gasteiger partial charge in [0.15, 0.2) is 5.25 Å². The van der Waals surface area contributed by atoms with E-state index >= 15 is 0 Å². The Morgan fingerprint density at radius 3 is 2.33 bits per heavy atom. The largest absolute Gasteiger partial charge is 0.468 e. The van der Waals surface area contributed by atoms with E-state index in [2.05, 4.69) is 9.46 Å². The van der Waals surface area contributed by atoms with Gasteiger partial charge < -0.3 is 10.5 Å². The highest BCUT2D eigenvalue weighted by atomic mass is 32.2. The predicted molar refractivity (Wildman–Crippen MR) is 56.7 cm³/mol. The summed E-state index contributed by atoms with van der Waals surface area (Å²) in [6, 6.07) is 0. The molecule has 7 heteroatoms. The smallest absolute Gasteiger partial charge is 0.325 e. The molecule has 0 rings (SSSR count). The highest BCUT2D eigenvalue weighted by Gasteiger charge is 2.33. The Morgan fingerprint density at radius 1 is 1.53 bits per heavy atom. The first-order valence-corrected chi connectivity index (χ1v) is 6.01. The van der Waals surface area contributed by atoms with Crippen molar-refractivity contribution in [1.29, 1.82) is 0 Å². The number of ether oxygens (including phenoxy) is 1. The second kappa shape index (κ2) is 4.91. The Morgan fingerprint density at radius 2 is 2.00 bits per heavy atom. The summed E-state index contributed by atoms with van der Waals surface area (Å²) in [7, 11) is -2.60. The van der Waals surface area contributed by atoms with Gasteiger partial charge >= 0.3 is 5.97 Å². The lowest BCUT2D eigenvalue weighted by Gasteiger charge is -2.25. The monoisotopic (exact) mass is 238 g/mol. The predicted octanol–water partition coefficient (Wildman–Crippen LogP) is -0.795. The number of carbonyl (C=O) groups excluding carboxylic acids is 1. The fourth-order valence-electron chi connectivity index (χ4n) is 0.808. The topological polar surface area (TPSA) is 98.5 Å². The number of esters is 1. The molecule has 0 aromatic rings. The van der Waals surface area contributed by atoms with Crippen LogP contribution in [0.4, 0.5) is 0 Å². The first-order valence-electron chi connectivity index (χ1n) is 4.47. The molecule has 1 atom stereocenters. The molecule has 6 nitrogen and oxygen atoms in total. The minimum absolute atomic E-state index is 0.139. The zero-order valence-corrected chi connectivity index (χ0v) is 10.2. The molecule has 0 aromatic carbocycles. The molecule has 0 aliphatic rings. The van der Waals surface area contributed by atoms with Gasteiger partial charge in [0.05, 0.1) is 7.11 Å². The minimum atomic E-state index is -3.75. The van der Waals surface area contributed by atoms with Crippen molar-refractivity contribution < 1.29 is 17.9 Å². The van der Waals surface area contributed by atoms with Gasteiger partial charge in [0.25, 0.3) is 0 Å². The molecule has 1 unspecified atom stereocenters. The second-order valence-corrected chi connectivity index (χ2v) is 5.90. The molecule has 0 saturated heterocycles. The summed E-state index contributed by atoms with van der Waals surface area (Å²) in [5.41, 5.74) is 4.60. The number of sulfonamides is 1. The molecule has 0 aliphatic carbocycles. The quantitative estimate of drug-likeness (QED) is 0.611. The van der Waals surface area contributed by atoms with E-state index in [0.717, 1.165) is 7.11 Å². The molecular formula is C8H18N2O4S. The maximum absolute atomic E-state index is 11.6. The van der Waals surface area contributed by atoms with E-state index in [1.807, 2.05) is 0 Å². The van der Waals surface area contributed by atoms with E-state index in [4.69, 9.17) is 5.73 Å². The molecular weight excluding hydrogens is 220 g/mol. The molecule has 3 N–H and O–H groups in total. The fraction of sp³-hybridized carbons (Fsp3) is 0.875. The number of nitrogens with one attached hydrogen (secondary N) is 1. The van der Waals surface area contributed by atoms with Crippen LogP contribution in [-0.2, 0) is 19.6 Å². The molecule has 0 heterocycles. The Kier molecular flexibility index (Phi) is 4.69. The lowest BCUT2D eigenvalue weighted by molar-refractivity contribution is -0.139. The van der Waals surface area contributed by atoms with Crippen LogP contribution in [-0.4, -0.2) is 38.8 Å². The molecule has 15 heavy (non-hydrogen) atoms. The number of methoxy groups -OCH3 is 1. The van der Waals surface area contributed by atoms with Crippen LogP contribution < -0.4 is 10.5 Å². The maximum Gasteiger partial charge on any atom is 0.325 e. The third kappa shape index (κ3) is 4.15. The molecule has 0 saturated carbocycles. The lowest BCUT2D eigenvalue weighted by atomic mass is 10.1. The van der Waals surface area contributed by atoms with Crippen LogP contribution in [0.1, 0.15) is 20.8 Å². The van der Waals surface area contributed by atoms with E-state index < -0.39 is 26.8 Å². The van der Waals surface area contributed by atoms with Gasteiger partial charge in [-0.1, -0.05) is 0 Å². The minimum Gasteiger partial charge on any atom is -0.468 e. The van der Waals surface area contributed by atoms with E-state index in [0.29, 0.717) is 0 Å². The van der Waals surface area contributed by atoms with Crippen LogP contribution in [0.3, 0.4) is 0 Å². The number of hydrogen-bond donors (Lipinski definition) is 2. The van der Waals surface area contributed by atoms with Crippen molar-refractivity contribution >= 4 is 16.0 Å². The van der Waals surface area contributed by atoms with Crippen molar-refractivity contribution in [3.8, 4) is 0 Å². The van der Waals surface area contributed by atoms with Crippen LogP contribution in [0.2, 0.25) is 0 Å². The molecule has 0 fully saturated rings. The zero-order valence-electron chi connectivity index (χ0n) is 9.40. The van der Waals surface area contributed by atoms with Gasteiger partial charge in [-0.15, -0.1) is 0 Å². The van der Waals surface area contributed by atoms with E-state index in [1.165, 1.54) is 6.92 Å². The van der Waals surface area contributed by atoms with Crippen LogP contribution in [0.5, 0.6) is 0 Å². The fourth-order valence-corrected chi connectivity index (χ4v) is 2.19. The van der Waals surface area contributed by atoms with Crippen LogP contribution in [0.25, 0.3) is 0 Å². The zero-order chi connectivity index (χ0) is 12.3. The summed E-state index contributed by atoms with van der Waals surface area (Å²) < 4.78 is 30.0. The molecule has 0 bridgehead atoms. The third-order valence-corrected chi connectivity index (χ3v) is 3.89. The molecule has 0 aliphatic heterocycles. The van der Waals surface area contributed by atoms with Crippen LogP contribution >= 0.6 is 0 Å². The molecule has 0 spiro atoms. The molecule has 90 valence electrons. The highest BCUT2D eigenvalue weighted by molar-refractivity contribution is 7.90. The maximum atomic E-state index is 11.6. The SMILES string of the molecule is COC(=O)C(C)S(=O)(=O)NC(C)(C)CN. The van der Waals surface area contributed by atoms with Gasteiger partial charge in [-0.25, -0.2) is 13.1 Å². The summed E-state index contributed by atoms with van der Waals surface area (Å²) in [4.78, 5) is 11.1. The summed E-state index contributed by atoms with van der Waals surface area (Å²) in [5.74, 6) is -0.796. The van der Waals surface area contributed by atoms with Crippen molar-refractivity contribution in [1.82, 2.24) is 4.72 Å². The Labute approximate surface area is 90.2 Å². The van der Waals surface area contributed by atoms with Gasteiger partial charge in [0, 0.05) is 12.1 Å². The average molecular weight is 238 g/mol. The van der Waals surface area contributed by atoms with Gasteiger partial charge in [-0.3, -0.25) is 4.79 Å². The molecule has 0 amide bonds. The second-order valence-electron chi connectivity index (χ2n) is 3.90. The standard InChI is InChI=1S/C8H18N2O4S/c1-6(7(11)14-4)15(12,13)10-8(2,3)5-9/h6,10H,5,9H2,1-4H3. The molecule has 0 aromatic heterocycles. The lowest BCUT2D eigenvalue weighted by Crippen LogP contribution is -2.52. The van der Waals surface area contributed by atoms with Crippen LogP contribution in [0, 0.1) is 0 Å². The van der Waals surface area contributed by atoms with Gasteiger partial charge in [0.2, 0.25) is 10.0 Å². The van der Waals surface area contributed by atoms with E-state index in [-0.39, 0.29) is 6.54 Å². The van der Waals surface area contributed by atoms with Crippen molar-refractivity contribution in [3.05, 3.63) is 0 Å². The Hall–Kier alpha value is -0.660. The first-order chi connectivity index (χ1) is 6.66. The van der Waals surface area contributed by atoms with Crippen molar-refractivity contribution in [2.75, 3.05) is 13.7 Å². The van der Waals surface area contributed by atoms with E-state index in [9.17, 15) is 13.2 Å². The summed E-state index contributed by atoms with van der Waals surface area (Å²) in [5, 5.41) is -1.24. The normalized spacial score (nSPS) is 14.7. The number of carbonyl (C=O) groups is 1. The van der Waals surface area contributed by atoms with Gasteiger partial charge in [-0.05, 0) is 20.8 Å². The third-order valence-electron chi connectivity index (χ3n) is 1.93. The summed E-state index contributed by atoms with van der Waals surface area (Å²) in [6.07, 6.45) is 0. The number of rotatable bonds is 5. The van der Waals surface area contributed by atoms with Gasteiger partial charge in [0.1, 0.15) is 0 Å². The van der Waals surface area contributed by atoms with Crippen molar-refractivity contribution in [3.63, 3.8) is 0 Å². The van der Waals surface area contributed by atoms with Gasteiger partial charge in [-0.2, -0.15) is 0 Å². The molecule has 0 radical (unpaired) electrons. The van der Waals surface area contributed by atoms with Crippen LogP contribution in [0.15, 0.2) is 0 Å². The first kappa shape index (κ1) is 14.3. The average Bonchev–Trinajstić information content (AvgIpc) is 2.14. The Bertz CT molecular complexity index is 324. The van der Waals surface area contributed by atoms with Crippen molar-refractivity contribution in [2.24, 2.45) is 5.73 Å². The van der Waals surface area contributed by atoms with Crippen molar-refractivity contribution in [2.45, 2.75) is 31.6 Å². The summed E-state index contributed by atoms with van der Waals surface area (Å²) in [6.45, 7) is 4.67. The highest BCUT2D eigenvalue weighted by Crippen LogP contribution is 2.07.